The van der Waals surface area contributed by atoms with Gasteiger partial charge < -0.3 is 4.90 Å². The molecule has 0 bridgehead atoms. The summed E-state index contributed by atoms with van der Waals surface area (Å²) in [5.41, 5.74) is 4.99. The van der Waals surface area contributed by atoms with E-state index in [1.165, 1.54) is 11.3 Å². The van der Waals surface area contributed by atoms with Gasteiger partial charge in [-0.2, -0.15) is 0 Å². The Kier molecular flexibility index (Phi) is 8.53. The van der Waals surface area contributed by atoms with E-state index in [9.17, 15) is 8.42 Å². The standard InChI is InChI=1S/C27H29BrN2O2S/c1-4-30(20-23-10-6-5-7-11-23)22(3)17-16-21(2)24-12-8-14-26(18-24)29-33(31,32)27-15-9-13-25(28)19-27/h5-19,29H,4,20H2,1-3H3/b21-16+,22-17+. The normalized spacial score (nSPS) is 12.5. The molecule has 172 valence electrons. The second kappa shape index (κ2) is 11.3. The maximum atomic E-state index is 12.7. The van der Waals surface area contributed by atoms with Gasteiger partial charge in [0.25, 0.3) is 10.0 Å². The van der Waals surface area contributed by atoms with Gasteiger partial charge >= 0.3 is 0 Å². The summed E-state index contributed by atoms with van der Waals surface area (Å²) in [6.07, 6.45) is 4.19. The van der Waals surface area contributed by atoms with Crippen LogP contribution in [-0.2, 0) is 16.6 Å². The molecule has 0 atom stereocenters. The van der Waals surface area contributed by atoms with Crippen LogP contribution in [0.3, 0.4) is 0 Å². The molecule has 0 fully saturated rings. The van der Waals surface area contributed by atoms with Gasteiger partial charge in [-0.05, 0) is 73.9 Å². The fourth-order valence-electron chi connectivity index (χ4n) is 3.41. The maximum absolute atomic E-state index is 12.7. The number of hydrogen-bond acceptors (Lipinski definition) is 3. The third-order valence-electron chi connectivity index (χ3n) is 5.35. The highest BCUT2D eigenvalue weighted by atomic mass is 79.9. The molecule has 3 aromatic carbocycles. The Bertz CT molecular complexity index is 1250. The first kappa shape index (κ1) is 24.8. The number of benzene rings is 3. The number of anilines is 1. The number of sulfonamides is 1. The summed E-state index contributed by atoms with van der Waals surface area (Å²) in [6.45, 7) is 8.06. The highest BCUT2D eigenvalue weighted by molar-refractivity contribution is 9.10. The van der Waals surface area contributed by atoms with Crippen LogP contribution in [-0.4, -0.2) is 19.9 Å². The summed E-state index contributed by atoms with van der Waals surface area (Å²) in [6, 6.07) is 24.5. The summed E-state index contributed by atoms with van der Waals surface area (Å²) in [5, 5.41) is 0. The van der Waals surface area contributed by atoms with Gasteiger partial charge in [0.2, 0.25) is 0 Å². The van der Waals surface area contributed by atoms with Crippen LogP contribution in [0, 0.1) is 0 Å². The highest BCUT2D eigenvalue weighted by Crippen LogP contribution is 2.23. The van der Waals surface area contributed by atoms with Crippen molar-refractivity contribution >= 4 is 37.2 Å². The molecule has 4 nitrogen and oxygen atoms in total. The van der Waals surface area contributed by atoms with E-state index in [-0.39, 0.29) is 4.90 Å². The molecule has 1 N–H and O–H groups in total. The predicted octanol–water partition coefficient (Wildman–Crippen LogP) is 7.08. The minimum absolute atomic E-state index is 0.214. The fraction of sp³-hybridized carbons (Fsp3) is 0.185. The minimum Gasteiger partial charge on any atom is -0.371 e. The second-order valence-electron chi connectivity index (χ2n) is 7.80. The molecule has 0 aromatic heterocycles. The lowest BCUT2D eigenvalue weighted by Gasteiger charge is -2.23. The highest BCUT2D eigenvalue weighted by Gasteiger charge is 2.14. The van der Waals surface area contributed by atoms with Gasteiger partial charge in [-0.15, -0.1) is 0 Å². The monoisotopic (exact) mass is 524 g/mol. The molecule has 0 saturated carbocycles. The summed E-state index contributed by atoms with van der Waals surface area (Å²) in [4.78, 5) is 2.54. The van der Waals surface area contributed by atoms with Gasteiger partial charge in [0.1, 0.15) is 0 Å². The molecule has 33 heavy (non-hydrogen) atoms. The molecule has 0 aliphatic carbocycles. The van der Waals surface area contributed by atoms with Gasteiger partial charge in [0, 0.05) is 28.9 Å². The number of allylic oxidation sites excluding steroid dienone is 4. The van der Waals surface area contributed by atoms with Crippen LogP contribution in [0.1, 0.15) is 31.9 Å². The van der Waals surface area contributed by atoms with Gasteiger partial charge in [0.15, 0.2) is 0 Å². The van der Waals surface area contributed by atoms with Gasteiger partial charge in [-0.25, -0.2) is 8.42 Å². The molecule has 6 heteroatoms. The van der Waals surface area contributed by atoms with E-state index in [4.69, 9.17) is 0 Å². The smallest absolute Gasteiger partial charge is 0.261 e. The average molecular weight is 526 g/mol. The average Bonchev–Trinajstić information content (AvgIpc) is 2.81. The Hall–Kier alpha value is -2.83. The van der Waals surface area contributed by atoms with Crippen LogP contribution < -0.4 is 4.72 Å². The van der Waals surface area contributed by atoms with Gasteiger partial charge in [0.05, 0.1) is 4.90 Å². The largest absolute Gasteiger partial charge is 0.371 e. The number of halogens is 1. The predicted molar refractivity (Wildman–Crippen MR) is 141 cm³/mol. The lowest BCUT2D eigenvalue weighted by molar-refractivity contribution is 0.356. The van der Waals surface area contributed by atoms with Crippen molar-refractivity contribution < 1.29 is 8.42 Å². The van der Waals surface area contributed by atoms with Crippen molar-refractivity contribution in [2.45, 2.75) is 32.2 Å². The number of rotatable bonds is 9. The Morgan fingerprint density at radius 1 is 0.939 bits per heavy atom. The van der Waals surface area contributed by atoms with Crippen molar-refractivity contribution in [3.8, 4) is 0 Å². The number of hydrogen-bond donors (Lipinski definition) is 1. The quantitative estimate of drug-likeness (QED) is 0.304. The summed E-state index contributed by atoms with van der Waals surface area (Å²) in [7, 11) is -3.67. The Morgan fingerprint density at radius 2 is 1.67 bits per heavy atom. The second-order valence-corrected chi connectivity index (χ2v) is 10.4. The van der Waals surface area contributed by atoms with E-state index in [1.807, 2.05) is 31.2 Å². The van der Waals surface area contributed by atoms with Crippen LogP contribution in [0.5, 0.6) is 0 Å². The van der Waals surface area contributed by atoms with E-state index in [2.05, 4.69) is 75.8 Å². The first-order valence-corrected chi connectivity index (χ1v) is 13.1. The summed E-state index contributed by atoms with van der Waals surface area (Å²) in [5.74, 6) is 0. The zero-order chi connectivity index (χ0) is 23.8. The maximum Gasteiger partial charge on any atom is 0.261 e. The Labute approximate surface area is 205 Å². The number of nitrogens with one attached hydrogen (secondary N) is 1. The molecular formula is C27H29BrN2O2S. The molecule has 0 radical (unpaired) electrons. The molecule has 0 spiro atoms. The van der Waals surface area contributed by atoms with Crippen molar-refractivity contribution in [1.82, 2.24) is 4.90 Å². The molecular weight excluding hydrogens is 496 g/mol. The zero-order valence-corrected chi connectivity index (χ0v) is 21.5. The van der Waals surface area contributed by atoms with E-state index in [0.717, 1.165) is 24.2 Å². The third kappa shape index (κ3) is 7.07. The fourth-order valence-corrected chi connectivity index (χ4v) is 5.06. The van der Waals surface area contributed by atoms with Crippen molar-refractivity contribution in [3.63, 3.8) is 0 Å². The Morgan fingerprint density at radius 3 is 2.36 bits per heavy atom. The van der Waals surface area contributed by atoms with Crippen LogP contribution in [0.15, 0.2) is 106 Å². The zero-order valence-electron chi connectivity index (χ0n) is 19.1. The van der Waals surface area contributed by atoms with E-state index >= 15 is 0 Å². The van der Waals surface area contributed by atoms with E-state index in [0.29, 0.717) is 10.2 Å². The Balaban J connectivity index is 1.76. The minimum atomic E-state index is -3.67. The molecule has 3 aromatic rings. The molecule has 3 rings (SSSR count). The van der Waals surface area contributed by atoms with E-state index < -0.39 is 10.0 Å². The summed E-state index contributed by atoms with van der Waals surface area (Å²) < 4.78 is 28.9. The molecule has 0 aliphatic rings. The number of nitrogens with zero attached hydrogens (tertiary/aromatic N) is 1. The van der Waals surface area contributed by atoms with Crippen molar-refractivity contribution in [3.05, 3.63) is 112 Å². The van der Waals surface area contributed by atoms with Crippen LogP contribution >= 0.6 is 15.9 Å². The first-order chi connectivity index (χ1) is 15.8. The van der Waals surface area contributed by atoms with Crippen LogP contribution in [0.2, 0.25) is 0 Å². The van der Waals surface area contributed by atoms with Crippen molar-refractivity contribution in [2.24, 2.45) is 0 Å². The molecule has 0 aliphatic heterocycles. The molecule has 0 saturated heterocycles. The molecule has 0 unspecified atom stereocenters. The van der Waals surface area contributed by atoms with Crippen LogP contribution in [0.25, 0.3) is 5.57 Å². The van der Waals surface area contributed by atoms with Gasteiger partial charge in [-0.3, -0.25) is 4.72 Å². The van der Waals surface area contributed by atoms with Gasteiger partial charge in [-0.1, -0.05) is 70.5 Å². The van der Waals surface area contributed by atoms with Crippen molar-refractivity contribution in [1.29, 1.82) is 0 Å². The molecule has 0 heterocycles. The topological polar surface area (TPSA) is 49.4 Å². The molecule has 0 amide bonds. The lowest BCUT2D eigenvalue weighted by Crippen LogP contribution is -2.20. The SMILES string of the molecule is CCN(Cc1ccccc1)/C(C)=C/C=C(\C)c1cccc(NS(=O)(=O)c2cccc(Br)c2)c1. The van der Waals surface area contributed by atoms with E-state index in [1.54, 1.807) is 30.3 Å². The van der Waals surface area contributed by atoms with Crippen molar-refractivity contribution in [2.75, 3.05) is 11.3 Å². The summed E-state index contributed by atoms with van der Waals surface area (Å²) >= 11 is 3.32. The third-order valence-corrected chi connectivity index (χ3v) is 7.22. The lowest BCUT2D eigenvalue weighted by atomic mass is 10.1. The first-order valence-electron chi connectivity index (χ1n) is 10.8. The van der Waals surface area contributed by atoms with Crippen LogP contribution in [0.4, 0.5) is 5.69 Å².